The Morgan fingerprint density at radius 3 is 2.21 bits per heavy atom. The fourth-order valence-corrected chi connectivity index (χ4v) is 3.08. The highest BCUT2D eigenvalue weighted by atomic mass is 19.1. The second kappa shape index (κ2) is 8.72. The predicted molar refractivity (Wildman–Crippen MR) is 104 cm³/mol. The van der Waals surface area contributed by atoms with Crippen molar-refractivity contribution in [3.05, 3.63) is 59.4 Å². The number of hydrogen-bond donors (Lipinski definition) is 1. The van der Waals surface area contributed by atoms with Gasteiger partial charge in [-0.05, 0) is 49.4 Å². The Morgan fingerprint density at radius 2 is 1.62 bits per heavy atom. The zero-order valence-corrected chi connectivity index (χ0v) is 15.9. The summed E-state index contributed by atoms with van der Waals surface area (Å²) in [6, 6.07) is 9.92. The van der Waals surface area contributed by atoms with E-state index in [0.29, 0.717) is 37.4 Å². The molecule has 1 aliphatic heterocycles. The number of phenols is 1. The van der Waals surface area contributed by atoms with Gasteiger partial charge in [0.05, 0.1) is 11.3 Å². The molecule has 2 aromatic carbocycles. The Balaban J connectivity index is 1.51. The summed E-state index contributed by atoms with van der Waals surface area (Å²) in [5.74, 6) is -1.62. The number of ketones is 1. The van der Waals surface area contributed by atoms with Gasteiger partial charge in [-0.25, -0.2) is 9.18 Å². The maximum absolute atomic E-state index is 14.3. The third kappa shape index (κ3) is 4.90. The third-order valence-corrected chi connectivity index (χ3v) is 4.76. The summed E-state index contributed by atoms with van der Waals surface area (Å²) in [7, 11) is 0. The smallest absolute Gasteiger partial charge is 0.338 e. The first-order valence-electron chi connectivity index (χ1n) is 9.14. The lowest BCUT2D eigenvalue weighted by Crippen LogP contribution is -2.50. The summed E-state index contributed by atoms with van der Waals surface area (Å²) < 4.78 is 19.3. The molecule has 1 saturated heterocycles. The molecule has 1 aliphatic rings. The topological polar surface area (TPSA) is 87.2 Å². The number of ether oxygens (including phenoxy) is 1. The van der Waals surface area contributed by atoms with E-state index in [0.717, 1.165) is 0 Å². The highest BCUT2D eigenvalue weighted by Gasteiger charge is 2.24. The van der Waals surface area contributed by atoms with Crippen molar-refractivity contribution in [3.8, 4) is 5.75 Å². The van der Waals surface area contributed by atoms with Crippen molar-refractivity contribution in [1.82, 2.24) is 4.90 Å². The Labute approximate surface area is 167 Å². The van der Waals surface area contributed by atoms with Gasteiger partial charge in [-0.1, -0.05) is 0 Å². The maximum Gasteiger partial charge on any atom is 0.338 e. The molecule has 7 nitrogen and oxygen atoms in total. The molecule has 1 amide bonds. The molecule has 0 aliphatic carbocycles. The van der Waals surface area contributed by atoms with E-state index in [4.69, 9.17) is 4.74 Å². The average molecular weight is 400 g/mol. The van der Waals surface area contributed by atoms with Gasteiger partial charge in [-0.3, -0.25) is 9.59 Å². The van der Waals surface area contributed by atoms with E-state index in [1.807, 2.05) is 4.90 Å². The number of aromatic hydroxyl groups is 1. The molecular formula is C21H21FN2O5. The van der Waals surface area contributed by atoms with Gasteiger partial charge in [-0.2, -0.15) is 0 Å². The van der Waals surface area contributed by atoms with Crippen LogP contribution in [0.5, 0.6) is 5.75 Å². The van der Waals surface area contributed by atoms with Crippen LogP contribution in [-0.2, 0) is 9.53 Å². The fourth-order valence-electron chi connectivity index (χ4n) is 3.08. The first kappa shape index (κ1) is 20.3. The van der Waals surface area contributed by atoms with Gasteiger partial charge in [0.1, 0.15) is 11.6 Å². The van der Waals surface area contributed by atoms with Crippen LogP contribution in [0.3, 0.4) is 0 Å². The van der Waals surface area contributed by atoms with Crippen molar-refractivity contribution in [2.24, 2.45) is 0 Å². The molecule has 0 radical (unpaired) electrons. The molecule has 0 atom stereocenters. The molecule has 3 rings (SSSR count). The van der Waals surface area contributed by atoms with Gasteiger partial charge in [0.2, 0.25) is 0 Å². The number of esters is 1. The highest BCUT2D eigenvalue weighted by molar-refractivity contribution is 5.94. The fraction of sp³-hybridized carbons (Fsp3) is 0.286. The largest absolute Gasteiger partial charge is 0.508 e. The van der Waals surface area contributed by atoms with E-state index in [1.54, 1.807) is 17.0 Å². The Kier molecular flexibility index (Phi) is 6.11. The molecule has 8 heteroatoms. The zero-order chi connectivity index (χ0) is 21.0. The van der Waals surface area contributed by atoms with Crippen LogP contribution in [0.1, 0.15) is 27.6 Å². The van der Waals surface area contributed by atoms with E-state index in [9.17, 15) is 23.9 Å². The van der Waals surface area contributed by atoms with Crippen molar-refractivity contribution in [1.29, 1.82) is 0 Å². The molecule has 0 aromatic heterocycles. The van der Waals surface area contributed by atoms with Crippen LogP contribution in [0.15, 0.2) is 42.5 Å². The van der Waals surface area contributed by atoms with Crippen LogP contribution in [0, 0.1) is 5.82 Å². The van der Waals surface area contributed by atoms with Crippen molar-refractivity contribution in [3.63, 3.8) is 0 Å². The van der Waals surface area contributed by atoms with Crippen molar-refractivity contribution in [2.45, 2.75) is 6.92 Å². The molecule has 29 heavy (non-hydrogen) atoms. The van der Waals surface area contributed by atoms with Gasteiger partial charge in [0.15, 0.2) is 12.4 Å². The standard InChI is InChI=1S/C21H21FN2O5/c1-14(25)16-4-7-19(18(22)12-16)23-8-10-24(11-9-23)20(27)13-29-21(28)15-2-5-17(26)6-3-15/h2-7,12,26H,8-11,13H2,1H3. The lowest BCUT2D eigenvalue weighted by atomic mass is 10.1. The number of rotatable bonds is 5. The number of phenolic OH excluding ortho intramolecular Hbond substituents is 1. The Hall–Kier alpha value is -3.42. The van der Waals surface area contributed by atoms with Crippen LogP contribution >= 0.6 is 0 Å². The minimum atomic E-state index is -0.649. The molecule has 1 N–H and O–H groups in total. The van der Waals surface area contributed by atoms with E-state index in [2.05, 4.69) is 0 Å². The lowest BCUT2D eigenvalue weighted by molar-refractivity contribution is -0.134. The number of carbonyl (C=O) groups excluding carboxylic acids is 3. The molecule has 0 saturated carbocycles. The number of piperazine rings is 1. The summed E-state index contributed by atoms with van der Waals surface area (Å²) in [6.45, 7) is 2.57. The monoisotopic (exact) mass is 400 g/mol. The van der Waals surface area contributed by atoms with Crippen LogP contribution in [0.25, 0.3) is 0 Å². The number of anilines is 1. The summed E-state index contributed by atoms with van der Waals surface area (Å²) in [4.78, 5) is 39.0. The van der Waals surface area contributed by atoms with E-state index < -0.39 is 11.8 Å². The van der Waals surface area contributed by atoms with Gasteiger partial charge in [-0.15, -0.1) is 0 Å². The lowest BCUT2D eigenvalue weighted by Gasteiger charge is -2.36. The number of carbonyl (C=O) groups is 3. The minimum Gasteiger partial charge on any atom is -0.508 e. The van der Waals surface area contributed by atoms with Gasteiger partial charge in [0.25, 0.3) is 5.91 Å². The molecular weight excluding hydrogens is 379 g/mol. The number of halogens is 1. The molecule has 2 aromatic rings. The SMILES string of the molecule is CC(=O)c1ccc(N2CCN(C(=O)COC(=O)c3ccc(O)cc3)CC2)c(F)c1. The minimum absolute atomic E-state index is 0.0304. The van der Waals surface area contributed by atoms with Gasteiger partial charge < -0.3 is 19.6 Å². The highest BCUT2D eigenvalue weighted by Crippen LogP contribution is 2.22. The van der Waals surface area contributed by atoms with Crippen molar-refractivity contribution >= 4 is 23.3 Å². The molecule has 1 heterocycles. The number of amides is 1. The molecule has 0 unspecified atom stereocenters. The number of benzene rings is 2. The second-order valence-corrected chi connectivity index (χ2v) is 6.71. The van der Waals surface area contributed by atoms with Crippen molar-refractivity contribution < 1.29 is 28.6 Å². The third-order valence-electron chi connectivity index (χ3n) is 4.76. The van der Waals surface area contributed by atoms with Crippen LogP contribution in [0.2, 0.25) is 0 Å². The zero-order valence-electron chi connectivity index (χ0n) is 15.9. The summed E-state index contributed by atoms with van der Waals surface area (Å²) >= 11 is 0. The number of Topliss-reactive ketones (excluding diaryl/α,β-unsaturated/α-hetero) is 1. The van der Waals surface area contributed by atoms with E-state index >= 15 is 0 Å². The first-order chi connectivity index (χ1) is 13.8. The molecule has 1 fully saturated rings. The number of hydrogen-bond acceptors (Lipinski definition) is 6. The normalized spacial score (nSPS) is 13.9. The molecule has 0 spiro atoms. The van der Waals surface area contributed by atoms with E-state index in [-0.39, 0.29) is 29.6 Å². The summed E-state index contributed by atoms with van der Waals surface area (Å²) in [6.07, 6.45) is 0. The van der Waals surface area contributed by atoms with Crippen LogP contribution < -0.4 is 4.90 Å². The van der Waals surface area contributed by atoms with Crippen LogP contribution in [0.4, 0.5) is 10.1 Å². The summed E-state index contributed by atoms with van der Waals surface area (Å²) in [5, 5.41) is 9.23. The quantitative estimate of drug-likeness (QED) is 0.612. The molecule has 0 bridgehead atoms. The van der Waals surface area contributed by atoms with E-state index in [1.165, 1.54) is 37.3 Å². The van der Waals surface area contributed by atoms with Crippen molar-refractivity contribution in [2.75, 3.05) is 37.7 Å². The summed E-state index contributed by atoms with van der Waals surface area (Å²) in [5.41, 5.74) is 0.946. The molecule has 152 valence electrons. The van der Waals surface area contributed by atoms with Crippen LogP contribution in [-0.4, -0.2) is 60.5 Å². The van der Waals surface area contributed by atoms with Gasteiger partial charge >= 0.3 is 5.97 Å². The Bertz CT molecular complexity index is 921. The second-order valence-electron chi connectivity index (χ2n) is 6.71. The maximum atomic E-state index is 14.3. The Morgan fingerprint density at radius 1 is 1.00 bits per heavy atom. The van der Waals surface area contributed by atoms with Gasteiger partial charge in [0, 0.05) is 31.7 Å². The first-order valence-corrected chi connectivity index (χ1v) is 9.14. The number of nitrogens with zero attached hydrogens (tertiary/aromatic N) is 2. The predicted octanol–water partition coefficient (Wildman–Crippen LogP) is 2.24. The average Bonchev–Trinajstić information content (AvgIpc) is 2.72.